The van der Waals surface area contributed by atoms with Crippen molar-refractivity contribution in [2.24, 2.45) is 0 Å². The van der Waals surface area contributed by atoms with Crippen LogP contribution in [0.1, 0.15) is 17.3 Å². The Labute approximate surface area is 161 Å². The molecule has 0 radical (unpaired) electrons. The van der Waals surface area contributed by atoms with Gasteiger partial charge in [0, 0.05) is 30.2 Å². The third kappa shape index (κ3) is 3.37. The molecule has 0 unspecified atom stereocenters. The minimum atomic E-state index is -0.205. The smallest absolute Gasteiger partial charge is 0.294 e. The van der Waals surface area contributed by atoms with Crippen LogP contribution < -0.4 is 16.2 Å². The molecule has 0 aliphatic rings. The van der Waals surface area contributed by atoms with Gasteiger partial charge in [0.25, 0.3) is 11.5 Å². The lowest BCUT2D eigenvalue weighted by molar-refractivity contribution is 0.102. The molecule has 0 spiro atoms. The Kier molecular flexibility index (Phi) is 4.63. The molecule has 4 aromatic rings. The molecule has 4 rings (SSSR count). The zero-order chi connectivity index (χ0) is 19.5. The summed E-state index contributed by atoms with van der Waals surface area (Å²) in [5, 5.41) is 5.87. The van der Waals surface area contributed by atoms with Crippen molar-refractivity contribution >= 4 is 34.1 Å². The molecule has 2 aromatic carbocycles. The van der Waals surface area contributed by atoms with Crippen molar-refractivity contribution in [3.8, 4) is 0 Å². The molecule has 2 heterocycles. The van der Waals surface area contributed by atoms with Gasteiger partial charge in [0.2, 0.25) is 0 Å². The zero-order valence-electron chi connectivity index (χ0n) is 15.3. The number of benzene rings is 2. The van der Waals surface area contributed by atoms with Crippen LogP contribution in [-0.2, 0) is 6.54 Å². The number of aryl methyl sites for hydroxylation is 1. The Balaban J connectivity index is 1.59. The van der Waals surface area contributed by atoms with Crippen LogP contribution in [0, 0.1) is 0 Å². The van der Waals surface area contributed by atoms with E-state index in [1.165, 1.54) is 0 Å². The highest BCUT2D eigenvalue weighted by molar-refractivity contribution is 6.04. The van der Waals surface area contributed by atoms with Gasteiger partial charge in [-0.15, -0.1) is 0 Å². The topological polar surface area (TPSA) is 91.8 Å². The van der Waals surface area contributed by atoms with Crippen molar-refractivity contribution in [3.05, 3.63) is 82.9 Å². The van der Waals surface area contributed by atoms with Crippen LogP contribution in [0.3, 0.4) is 0 Å². The van der Waals surface area contributed by atoms with E-state index in [1.807, 2.05) is 31.2 Å². The highest BCUT2D eigenvalue weighted by Gasteiger charge is 2.11. The standard InChI is InChI=1S/C21H19N5O2/c1-2-26-18-6-4-3-5-17(18)25-19(21(26)28)23-15-9-7-14(8-10-15)20(27)24-16-11-12-22-13-16/h3-13,22H,2H2,1H3,(H,23,25)(H,24,27). The van der Waals surface area contributed by atoms with Crippen molar-refractivity contribution in [1.29, 1.82) is 0 Å². The fourth-order valence-electron chi connectivity index (χ4n) is 3.03. The predicted molar refractivity (Wildman–Crippen MR) is 110 cm³/mol. The Morgan fingerprint density at radius 2 is 1.86 bits per heavy atom. The van der Waals surface area contributed by atoms with Gasteiger partial charge in [0.1, 0.15) is 0 Å². The summed E-state index contributed by atoms with van der Waals surface area (Å²) < 4.78 is 1.68. The molecule has 7 nitrogen and oxygen atoms in total. The van der Waals surface area contributed by atoms with Crippen LogP contribution in [0.15, 0.2) is 71.8 Å². The number of aromatic amines is 1. The summed E-state index contributed by atoms with van der Waals surface area (Å²) in [5.41, 5.74) is 3.26. The highest BCUT2D eigenvalue weighted by Crippen LogP contribution is 2.17. The number of carbonyl (C=O) groups excluding carboxylic acids is 1. The van der Waals surface area contributed by atoms with E-state index in [0.29, 0.717) is 23.5 Å². The van der Waals surface area contributed by atoms with E-state index in [1.54, 1.807) is 47.3 Å². The van der Waals surface area contributed by atoms with Crippen molar-refractivity contribution in [1.82, 2.24) is 14.5 Å². The first-order valence-electron chi connectivity index (χ1n) is 8.96. The van der Waals surface area contributed by atoms with Gasteiger partial charge in [-0.25, -0.2) is 4.98 Å². The first kappa shape index (κ1) is 17.5. The van der Waals surface area contributed by atoms with Crippen LogP contribution in [-0.4, -0.2) is 20.4 Å². The molecule has 7 heteroatoms. The van der Waals surface area contributed by atoms with Gasteiger partial charge in [0.05, 0.1) is 16.7 Å². The van der Waals surface area contributed by atoms with E-state index in [4.69, 9.17) is 0 Å². The van der Waals surface area contributed by atoms with E-state index >= 15 is 0 Å². The largest absolute Gasteiger partial charge is 0.366 e. The second kappa shape index (κ2) is 7.40. The molecule has 0 aliphatic carbocycles. The monoisotopic (exact) mass is 373 g/mol. The van der Waals surface area contributed by atoms with E-state index in [-0.39, 0.29) is 17.3 Å². The predicted octanol–water partition coefficient (Wildman–Crippen LogP) is 3.74. The molecule has 0 saturated carbocycles. The number of para-hydroxylation sites is 2. The zero-order valence-corrected chi connectivity index (χ0v) is 15.3. The van der Waals surface area contributed by atoms with Crippen LogP contribution in [0.25, 0.3) is 11.0 Å². The van der Waals surface area contributed by atoms with E-state index < -0.39 is 0 Å². The molecule has 2 aromatic heterocycles. The number of nitrogens with one attached hydrogen (secondary N) is 3. The van der Waals surface area contributed by atoms with Gasteiger partial charge in [-0.3, -0.25) is 9.59 Å². The second-order valence-corrected chi connectivity index (χ2v) is 6.25. The van der Waals surface area contributed by atoms with Crippen LogP contribution in [0.4, 0.5) is 17.2 Å². The van der Waals surface area contributed by atoms with E-state index in [9.17, 15) is 9.59 Å². The number of nitrogens with zero attached hydrogens (tertiary/aromatic N) is 2. The minimum absolute atomic E-state index is 0.185. The second-order valence-electron chi connectivity index (χ2n) is 6.25. The van der Waals surface area contributed by atoms with Crippen LogP contribution in [0.5, 0.6) is 0 Å². The lowest BCUT2D eigenvalue weighted by Gasteiger charge is -2.12. The van der Waals surface area contributed by atoms with Crippen molar-refractivity contribution in [2.45, 2.75) is 13.5 Å². The van der Waals surface area contributed by atoms with Crippen molar-refractivity contribution < 1.29 is 4.79 Å². The molecule has 0 fully saturated rings. The third-order valence-electron chi connectivity index (χ3n) is 4.43. The first-order chi connectivity index (χ1) is 13.7. The van der Waals surface area contributed by atoms with E-state index in [2.05, 4.69) is 20.6 Å². The molecule has 0 saturated heterocycles. The molecule has 0 bridgehead atoms. The van der Waals surface area contributed by atoms with Gasteiger partial charge < -0.3 is 20.2 Å². The number of H-pyrrole nitrogens is 1. The molecule has 0 aliphatic heterocycles. The van der Waals surface area contributed by atoms with Crippen molar-refractivity contribution in [2.75, 3.05) is 10.6 Å². The number of anilines is 3. The van der Waals surface area contributed by atoms with Gasteiger partial charge in [-0.1, -0.05) is 12.1 Å². The minimum Gasteiger partial charge on any atom is -0.366 e. The summed E-state index contributed by atoms with van der Waals surface area (Å²) in [6.07, 6.45) is 3.44. The average molecular weight is 373 g/mol. The van der Waals surface area contributed by atoms with Gasteiger partial charge in [-0.2, -0.15) is 0 Å². The molecular weight excluding hydrogens is 354 g/mol. The Hall–Kier alpha value is -3.87. The number of hydrogen-bond acceptors (Lipinski definition) is 4. The number of aromatic nitrogens is 3. The number of carbonyl (C=O) groups is 1. The molecule has 28 heavy (non-hydrogen) atoms. The number of amides is 1. The molecule has 3 N–H and O–H groups in total. The van der Waals surface area contributed by atoms with Crippen LogP contribution >= 0.6 is 0 Å². The summed E-state index contributed by atoms with van der Waals surface area (Å²) in [7, 11) is 0. The first-order valence-corrected chi connectivity index (χ1v) is 8.96. The summed E-state index contributed by atoms with van der Waals surface area (Å²) in [5.74, 6) is 0.0494. The van der Waals surface area contributed by atoms with Crippen molar-refractivity contribution in [3.63, 3.8) is 0 Å². The molecular formula is C21H19N5O2. The Morgan fingerprint density at radius 3 is 2.57 bits per heavy atom. The lowest BCUT2D eigenvalue weighted by Crippen LogP contribution is -2.23. The van der Waals surface area contributed by atoms with Gasteiger partial charge in [0.15, 0.2) is 5.82 Å². The summed E-state index contributed by atoms with van der Waals surface area (Å²) in [6, 6.07) is 16.2. The number of fused-ring (bicyclic) bond motifs is 1. The van der Waals surface area contributed by atoms with E-state index in [0.717, 1.165) is 11.0 Å². The Morgan fingerprint density at radius 1 is 1.07 bits per heavy atom. The molecule has 0 atom stereocenters. The maximum atomic E-state index is 12.7. The molecule has 140 valence electrons. The SMILES string of the molecule is CCn1c(=O)c(Nc2ccc(C(=O)Nc3cc[nH]c3)cc2)nc2ccccc21. The summed E-state index contributed by atoms with van der Waals surface area (Å²) in [4.78, 5) is 32.3. The fourth-order valence-corrected chi connectivity index (χ4v) is 3.03. The average Bonchev–Trinajstić information content (AvgIpc) is 3.22. The van der Waals surface area contributed by atoms with Crippen LogP contribution in [0.2, 0.25) is 0 Å². The number of rotatable bonds is 5. The van der Waals surface area contributed by atoms with Gasteiger partial charge in [-0.05, 0) is 49.4 Å². The summed E-state index contributed by atoms with van der Waals surface area (Å²) >= 11 is 0. The third-order valence-corrected chi connectivity index (χ3v) is 4.43. The normalized spacial score (nSPS) is 10.8. The lowest BCUT2D eigenvalue weighted by atomic mass is 10.2. The van der Waals surface area contributed by atoms with Gasteiger partial charge >= 0.3 is 0 Å². The highest BCUT2D eigenvalue weighted by atomic mass is 16.1. The summed E-state index contributed by atoms with van der Waals surface area (Å²) in [6.45, 7) is 2.48. The quantitative estimate of drug-likeness (QED) is 0.497. The molecule has 1 amide bonds. The Bertz CT molecular complexity index is 1180. The fraction of sp³-hybridized carbons (Fsp3) is 0.0952. The maximum absolute atomic E-state index is 12.7. The maximum Gasteiger partial charge on any atom is 0.294 e. The number of hydrogen-bond donors (Lipinski definition) is 3.